The lowest BCUT2D eigenvalue weighted by molar-refractivity contribution is 0.0730. The van der Waals surface area contributed by atoms with E-state index in [2.05, 4.69) is 11.4 Å². The highest BCUT2D eigenvalue weighted by Gasteiger charge is 2.23. The van der Waals surface area contributed by atoms with E-state index in [0.29, 0.717) is 32.7 Å². The summed E-state index contributed by atoms with van der Waals surface area (Å²) in [6.07, 6.45) is 7.60. The molecule has 1 aliphatic carbocycles. The average Bonchev–Trinajstić information content (AvgIpc) is 2.63. The minimum Gasteiger partial charge on any atom is -0.379 e. The molecule has 1 heterocycles. The molecule has 0 spiro atoms. The molecule has 5 nitrogen and oxygen atoms in total. The summed E-state index contributed by atoms with van der Waals surface area (Å²) in [5.74, 6) is 0.158. The van der Waals surface area contributed by atoms with Crippen molar-refractivity contribution in [3.63, 3.8) is 0 Å². The van der Waals surface area contributed by atoms with E-state index < -0.39 is 10.0 Å². The van der Waals surface area contributed by atoms with Crippen LogP contribution >= 0.6 is 0 Å². The summed E-state index contributed by atoms with van der Waals surface area (Å²) in [6, 6.07) is 8.10. The Morgan fingerprint density at radius 1 is 1.08 bits per heavy atom. The first-order chi connectivity index (χ1) is 11.6. The van der Waals surface area contributed by atoms with Gasteiger partial charge in [-0.05, 0) is 49.8 Å². The topological polar surface area (TPSA) is 58.6 Å². The second kappa shape index (κ2) is 8.14. The summed E-state index contributed by atoms with van der Waals surface area (Å²) in [5, 5.41) is 3.45. The van der Waals surface area contributed by atoms with Gasteiger partial charge in [0.1, 0.15) is 0 Å². The molecule has 0 amide bonds. The number of ether oxygens (including phenoxy) is 1. The summed E-state index contributed by atoms with van der Waals surface area (Å²) >= 11 is 0. The smallest absolute Gasteiger partial charge is 0.214 e. The minimum absolute atomic E-state index is 0.158. The van der Waals surface area contributed by atoms with Crippen LogP contribution in [0.1, 0.15) is 31.2 Å². The lowest BCUT2D eigenvalue weighted by atomic mass is 10.0. The third kappa shape index (κ3) is 4.82. The van der Waals surface area contributed by atoms with Gasteiger partial charge in [-0.15, -0.1) is 0 Å². The minimum atomic E-state index is -3.19. The molecule has 0 bridgehead atoms. The Morgan fingerprint density at radius 2 is 1.83 bits per heavy atom. The Labute approximate surface area is 144 Å². The molecule has 0 saturated carbocycles. The molecule has 1 N–H and O–H groups in total. The molecule has 6 heteroatoms. The van der Waals surface area contributed by atoms with Crippen molar-refractivity contribution >= 4 is 15.7 Å². The van der Waals surface area contributed by atoms with Gasteiger partial charge in [-0.3, -0.25) is 0 Å². The van der Waals surface area contributed by atoms with Crippen molar-refractivity contribution in [2.75, 3.05) is 37.4 Å². The van der Waals surface area contributed by atoms with E-state index in [0.717, 1.165) is 24.1 Å². The normalized spacial score (nSPS) is 19.8. The lowest BCUT2D eigenvalue weighted by Gasteiger charge is -2.26. The average molecular weight is 350 g/mol. The molecule has 24 heavy (non-hydrogen) atoms. The van der Waals surface area contributed by atoms with Crippen LogP contribution in [-0.4, -0.2) is 44.8 Å². The Kier molecular flexibility index (Phi) is 5.92. The SMILES string of the molecule is O=S(=O)(CCc1ccc(NC2=CCCCC2)cc1)N1CCOCC1. The van der Waals surface area contributed by atoms with Gasteiger partial charge < -0.3 is 10.1 Å². The monoisotopic (exact) mass is 350 g/mol. The number of hydrogen-bond acceptors (Lipinski definition) is 4. The van der Waals surface area contributed by atoms with E-state index in [9.17, 15) is 8.42 Å². The summed E-state index contributed by atoms with van der Waals surface area (Å²) in [5.41, 5.74) is 3.42. The molecule has 1 fully saturated rings. The summed E-state index contributed by atoms with van der Waals surface area (Å²) in [7, 11) is -3.19. The fraction of sp³-hybridized carbons (Fsp3) is 0.556. The number of nitrogens with zero attached hydrogens (tertiary/aromatic N) is 1. The molecule has 0 unspecified atom stereocenters. The molecule has 1 saturated heterocycles. The van der Waals surface area contributed by atoms with Crippen LogP contribution in [0.3, 0.4) is 0 Å². The zero-order valence-electron chi connectivity index (χ0n) is 14.0. The van der Waals surface area contributed by atoms with E-state index >= 15 is 0 Å². The van der Waals surface area contributed by atoms with Crippen LogP contribution in [0.2, 0.25) is 0 Å². The number of rotatable bonds is 6. The Hall–Kier alpha value is -1.37. The standard InChI is InChI=1S/C18H26N2O3S/c21-24(22,20-11-13-23-14-12-20)15-10-16-6-8-18(9-7-16)19-17-4-2-1-3-5-17/h4,6-9,19H,1-3,5,10-15H2. The van der Waals surface area contributed by atoms with E-state index in [1.165, 1.54) is 18.5 Å². The fourth-order valence-corrected chi connectivity index (χ4v) is 4.55. The number of allylic oxidation sites excluding steroid dienone is 2. The summed E-state index contributed by atoms with van der Waals surface area (Å²) in [4.78, 5) is 0. The number of hydrogen-bond donors (Lipinski definition) is 1. The van der Waals surface area contributed by atoms with Crippen molar-refractivity contribution in [1.29, 1.82) is 0 Å². The van der Waals surface area contributed by atoms with Gasteiger partial charge in [-0.25, -0.2) is 8.42 Å². The highest BCUT2D eigenvalue weighted by atomic mass is 32.2. The maximum absolute atomic E-state index is 12.3. The highest BCUT2D eigenvalue weighted by molar-refractivity contribution is 7.89. The van der Waals surface area contributed by atoms with Crippen molar-refractivity contribution in [3.05, 3.63) is 41.6 Å². The number of nitrogens with one attached hydrogen (secondary N) is 1. The number of anilines is 1. The first kappa shape index (κ1) is 17.5. The van der Waals surface area contributed by atoms with Gasteiger partial charge in [0.05, 0.1) is 19.0 Å². The fourth-order valence-electron chi connectivity index (χ4n) is 3.09. The van der Waals surface area contributed by atoms with Gasteiger partial charge in [0, 0.05) is 24.5 Å². The maximum Gasteiger partial charge on any atom is 0.214 e. The van der Waals surface area contributed by atoms with Gasteiger partial charge in [0.25, 0.3) is 0 Å². The van der Waals surface area contributed by atoms with E-state index in [1.54, 1.807) is 4.31 Å². The van der Waals surface area contributed by atoms with E-state index in [4.69, 9.17) is 4.74 Å². The molecule has 1 aromatic rings. The molecule has 132 valence electrons. The molecule has 3 rings (SSSR count). The van der Waals surface area contributed by atoms with Gasteiger partial charge in [0.15, 0.2) is 0 Å². The summed E-state index contributed by atoms with van der Waals surface area (Å²) < 4.78 is 31.4. The third-order valence-electron chi connectivity index (χ3n) is 4.56. The molecule has 0 atom stereocenters. The number of morpholine rings is 1. The number of aryl methyl sites for hydroxylation is 1. The molecule has 1 aromatic carbocycles. The van der Waals surface area contributed by atoms with Crippen LogP contribution in [0.4, 0.5) is 5.69 Å². The quantitative estimate of drug-likeness (QED) is 0.857. The number of benzene rings is 1. The molecule has 1 aliphatic heterocycles. The number of sulfonamides is 1. The predicted octanol–water partition coefficient (Wildman–Crippen LogP) is 2.76. The third-order valence-corrected chi connectivity index (χ3v) is 6.43. The molecule has 2 aliphatic rings. The van der Waals surface area contributed by atoms with Crippen molar-refractivity contribution in [2.45, 2.75) is 32.1 Å². The Balaban J connectivity index is 1.53. The highest BCUT2D eigenvalue weighted by Crippen LogP contribution is 2.20. The maximum atomic E-state index is 12.3. The van der Waals surface area contributed by atoms with Crippen molar-refractivity contribution < 1.29 is 13.2 Å². The zero-order chi connectivity index (χ0) is 16.8. The van der Waals surface area contributed by atoms with Crippen molar-refractivity contribution in [1.82, 2.24) is 4.31 Å². The van der Waals surface area contributed by atoms with E-state index in [-0.39, 0.29) is 5.75 Å². The van der Waals surface area contributed by atoms with Gasteiger partial charge in [-0.2, -0.15) is 4.31 Å². The second-order valence-electron chi connectivity index (χ2n) is 6.37. The van der Waals surface area contributed by atoms with Crippen LogP contribution in [0.5, 0.6) is 0 Å². The van der Waals surface area contributed by atoms with Crippen LogP contribution in [0.15, 0.2) is 36.0 Å². The van der Waals surface area contributed by atoms with Crippen LogP contribution in [-0.2, 0) is 21.2 Å². The summed E-state index contributed by atoms with van der Waals surface area (Å²) in [6.45, 7) is 1.94. The van der Waals surface area contributed by atoms with Crippen LogP contribution < -0.4 is 5.32 Å². The van der Waals surface area contributed by atoms with Crippen LogP contribution in [0.25, 0.3) is 0 Å². The Morgan fingerprint density at radius 3 is 2.50 bits per heavy atom. The lowest BCUT2D eigenvalue weighted by Crippen LogP contribution is -2.42. The zero-order valence-corrected chi connectivity index (χ0v) is 14.9. The molecule has 0 radical (unpaired) electrons. The second-order valence-corrected chi connectivity index (χ2v) is 8.46. The van der Waals surface area contributed by atoms with Crippen molar-refractivity contribution in [3.8, 4) is 0 Å². The molecular weight excluding hydrogens is 324 g/mol. The molecule has 0 aromatic heterocycles. The predicted molar refractivity (Wildman–Crippen MR) is 96.5 cm³/mol. The van der Waals surface area contributed by atoms with Crippen molar-refractivity contribution in [2.24, 2.45) is 0 Å². The largest absolute Gasteiger partial charge is 0.379 e. The van der Waals surface area contributed by atoms with Gasteiger partial charge in [0.2, 0.25) is 10.0 Å². The Bertz CT molecular complexity index is 662. The first-order valence-electron chi connectivity index (χ1n) is 8.74. The molecular formula is C18H26N2O3S. The van der Waals surface area contributed by atoms with Gasteiger partial charge in [-0.1, -0.05) is 18.2 Å². The first-order valence-corrected chi connectivity index (χ1v) is 10.3. The van der Waals surface area contributed by atoms with Gasteiger partial charge >= 0.3 is 0 Å². The van der Waals surface area contributed by atoms with E-state index in [1.807, 2.05) is 24.3 Å². The van der Waals surface area contributed by atoms with Crippen LogP contribution in [0, 0.1) is 0 Å².